The number of nitrogens with one attached hydrogen (secondary N) is 1. The smallest absolute Gasteiger partial charge is 0.243 e. The van der Waals surface area contributed by atoms with Crippen molar-refractivity contribution in [2.45, 2.75) is 38.3 Å². The number of rotatable bonds is 2. The molecule has 0 aromatic rings. The van der Waals surface area contributed by atoms with Crippen LogP contribution in [0.4, 0.5) is 0 Å². The minimum Gasteiger partial charge on any atom is -0.375 e. The van der Waals surface area contributed by atoms with E-state index in [4.69, 9.17) is 4.74 Å². The second-order valence-electron chi connectivity index (χ2n) is 4.01. The summed E-state index contributed by atoms with van der Waals surface area (Å²) in [6.07, 6.45) is 3.07. The van der Waals surface area contributed by atoms with Crippen molar-refractivity contribution in [1.82, 2.24) is 5.32 Å². The van der Waals surface area contributed by atoms with E-state index >= 15 is 0 Å². The molecular formula is C10H17NO2. The predicted octanol–water partition coefficient (Wildman–Crippen LogP) is 1.25. The monoisotopic (exact) mass is 183 g/mol. The van der Waals surface area contributed by atoms with Gasteiger partial charge in [-0.15, -0.1) is 0 Å². The molecule has 1 fully saturated rings. The van der Waals surface area contributed by atoms with E-state index < -0.39 is 0 Å². The summed E-state index contributed by atoms with van der Waals surface area (Å²) < 4.78 is 5.53. The summed E-state index contributed by atoms with van der Waals surface area (Å²) in [6, 6.07) is 0.231. The van der Waals surface area contributed by atoms with Crippen molar-refractivity contribution >= 4 is 5.91 Å². The van der Waals surface area contributed by atoms with E-state index in [1.54, 1.807) is 0 Å². The van der Waals surface area contributed by atoms with Crippen molar-refractivity contribution in [2.24, 2.45) is 0 Å². The van der Waals surface area contributed by atoms with Crippen LogP contribution in [-0.2, 0) is 9.53 Å². The lowest BCUT2D eigenvalue weighted by Gasteiger charge is -2.35. The van der Waals surface area contributed by atoms with Gasteiger partial charge in [0.05, 0.1) is 5.60 Å². The molecule has 1 aliphatic heterocycles. The summed E-state index contributed by atoms with van der Waals surface area (Å²) in [6.45, 7) is 8.22. The molecule has 13 heavy (non-hydrogen) atoms. The largest absolute Gasteiger partial charge is 0.375 e. The van der Waals surface area contributed by atoms with E-state index in [2.05, 4.69) is 11.9 Å². The fourth-order valence-corrected chi connectivity index (χ4v) is 1.62. The Hall–Kier alpha value is -0.830. The van der Waals surface area contributed by atoms with E-state index in [0.717, 1.165) is 19.4 Å². The highest BCUT2D eigenvalue weighted by Gasteiger charge is 2.29. The summed E-state index contributed by atoms with van der Waals surface area (Å²) in [5, 5.41) is 2.89. The third-order valence-corrected chi connectivity index (χ3v) is 2.23. The minimum absolute atomic E-state index is 0.0947. The molecule has 0 aromatic carbocycles. The summed E-state index contributed by atoms with van der Waals surface area (Å²) in [4.78, 5) is 11.0. The van der Waals surface area contributed by atoms with E-state index in [-0.39, 0.29) is 17.6 Å². The van der Waals surface area contributed by atoms with Crippen molar-refractivity contribution in [1.29, 1.82) is 0 Å². The van der Waals surface area contributed by atoms with Gasteiger partial charge >= 0.3 is 0 Å². The Morgan fingerprint density at radius 3 is 2.92 bits per heavy atom. The minimum atomic E-state index is -0.114. The zero-order valence-corrected chi connectivity index (χ0v) is 8.30. The highest BCUT2D eigenvalue weighted by molar-refractivity contribution is 5.87. The molecule has 0 saturated carbocycles. The average molecular weight is 183 g/mol. The quantitative estimate of drug-likeness (QED) is 0.654. The van der Waals surface area contributed by atoms with E-state index in [1.165, 1.54) is 6.08 Å². The molecule has 0 aromatic heterocycles. The molecule has 1 heterocycles. The van der Waals surface area contributed by atoms with Gasteiger partial charge in [-0.3, -0.25) is 4.79 Å². The first-order chi connectivity index (χ1) is 6.03. The van der Waals surface area contributed by atoms with Crippen LogP contribution in [-0.4, -0.2) is 24.2 Å². The Morgan fingerprint density at radius 1 is 1.69 bits per heavy atom. The Bertz CT molecular complexity index is 211. The van der Waals surface area contributed by atoms with Crippen molar-refractivity contribution in [3.63, 3.8) is 0 Å². The molecule has 1 N–H and O–H groups in total. The molecule has 0 bridgehead atoms. The fraction of sp³-hybridized carbons (Fsp3) is 0.700. The standard InChI is InChI=1S/C10H17NO2/c1-4-9(12)11-8-5-6-13-10(2,3)7-8/h4,8H,1,5-7H2,2-3H3,(H,11,12). The lowest BCUT2D eigenvalue weighted by atomic mass is 9.94. The van der Waals surface area contributed by atoms with Crippen LogP contribution in [0.25, 0.3) is 0 Å². The Labute approximate surface area is 79.2 Å². The van der Waals surface area contributed by atoms with Crippen LogP contribution >= 0.6 is 0 Å². The Morgan fingerprint density at radius 2 is 2.38 bits per heavy atom. The van der Waals surface area contributed by atoms with Gasteiger partial charge in [-0.05, 0) is 32.8 Å². The van der Waals surface area contributed by atoms with Crippen LogP contribution in [0.3, 0.4) is 0 Å². The first-order valence-electron chi connectivity index (χ1n) is 4.60. The van der Waals surface area contributed by atoms with Gasteiger partial charge in [-0.25, -0.2) is 0 Å². The normalized spacial score (nSPS) is 26.5. The lowest BCUT2D eigenvalue weighted by molar-refractivity contribution is -0.119. The van der Waals surface area contributed by atoms with E-state index in [1.807, 2.05) is 13.8 Å². The predicted molar refractivity (Wildman–Crippen MR) is 51.4 cm³/mol. The molecule has 1 saturated heterocycles. The van der Waals surface area contributed by atoms with E-state index in [9.17, 15) is 4.79 Å². The molecule has 1 amide bonds. The molecule has 3 heteroatoms. The second-order valence-corrected chi connectivity index (χ2v) is 4.01. The zero-order valence-electron chi connectivity index (χ0n) is 8.30. The Balaban J connectivity index is 2.43. The maximum Gasteiger partial charge on any atom is 0.243 e. The van der Waals surface area contributed by atoms with Gasteiger partial charge in [0.15, 0.2) is 0 Å². The molecule has 1 rings (SSSR count). The zero-order chi connectivity index (χ0) is 9.90. The van der Waals surface area contributed by atoms with Gasteiger partial charge in [-0.2, -0.15) is 0 Å². The van der Waals surface area contributed by atoms with Crippen LogP contribution in [0.5, 0.6) is 0 Å². The first kappa shape index (κ1) is 10.3. The van der Waals surface area contributed by atoms with Crippen LogP contribution in [0.1, 0.15) is 26.7 Å². The maximum absolute atomic E-state index is 11.0. The number of carbonyl (C=O) groups excluding carboxylic acids is 1. The van der Waals surface area contributed by atoms with Crippen LogP contribution < -0.4 is 5.32 Å². The molecule has 0 aliphatic carbocycles. The molecule has 74 valence electrons. The molecule has 0 radical (unpaired) electrons. The highest BCUT2D eigenvalue weighted by atomic mass is 16.5. The van der Waals surface area contributed by atoms with Crippen molar-refractivity contribution in [2.75, 3.05) is 6.61 Å². The molecular weight excluding hydrogens is 166 g/mol. The van der Waals surface area contributed by atoms with Gasteiger partial charge in [-0.1, -0.05) is 6.58 Å². The first-order valence-corrected chi connectivity index (χ1v) is 4.60. The molecule has 0 spiro atoms. The van der Waals surface area contributed by atoms with Crippen LogP contribution in [0, 0.1) is 0 Å². The second kappa shape index (κ2) is 3.92. The molecule has 1 aliphatic rings. The number of hydrogen-bond donors (Lipinski definition) is 1. The lowest BCUT2D eigenvalue weighted by Crippen LogP contribution is -2.45. The maximum atomic E-state index is 11.0. The molecule has 1 atom stereocenters. The molecule has 1 unspecified atom stereocenters. The highest BCUT2D eigenvalue weighted by Crippen LogP contribution is 2.23. The topological polar surface area (TPSA) is 38.3 Å². The van der Waals surface area contributed by atoms with Crippen molar-refractivity contribution in [3.05, 3.63) is 12.7 Å². The third kappa shape index (κ3) is 3.19. The summed E-state index contributed by atoms with van der Waals surface area (Å²) in [7, 11) is 0. The molecule has 3 nitrogen and oxygen atoms in total. The van der Waals surface area contributed by atoms with Crippen molar-refractivity contribution < 1.29 is 9.53 Å². The van der Waals surface area contributed by atoms with Gasteiger partial charge < -0.3 is 10.1 Å². The summed E-state index contributed by atoms with van der Waals surface area (Å²) >= 11 is 0. The van der Waals surface area contributed by atoms with Gasteiger partial charge in [0, 0.05) is 12.6 Å². The summed E-state index contributed by atoms with van der Waals surface area (Å²) in [5.74, 6) is -0.0947. The van der Waals surface area contributed by atoms with Crippen LogP contribution in [0.2, 0.25) is 0 Å². The Kier molecular flexibility index (Phi) is 3.09. The number of ether oxygens (including phenoxy) is 1. The number of carbonyl (C=O) groups is 1. The van der Waals surface area contributed by atoms with Crippen molar-refractivity contribution in [3.8, 4) is 0 Å². The average Bonchev–Trinajstić information content (AvgIpc) is 2.02. The third-order valence-electron chi connectivity index (χ3n) is 2.23. The number of hydrogen-bond acceptors (Lipinski definition) is 2. The summed E-state index contributed by atoms with van der Waals surface area (Å²) in [5.41, 5.74) is -0.114. The SMILES string of the molecule is C=CC(=O)NC1CCOC(C)(C)C1. The van der Waals surface area contributed by atoms with Gasteiger partial charge in [0.2, 0.25) is 5.91 Å². The fourth-order valence-electron chi connectivity index (χ4n) is 1.62. The van der Waals surface area contributed by atoms with Gasteiger partial charge in [0.25, 0.3) is 0 Å². The van der Waals surface area contributed by atoms with Crippen LogP contribution in [0.15, 0.2) is 12.7 Å². The van der Waals surface area contributed by atoms with E-state index in [0.29, 0.717) is 0 Å². The number of amides is 1. The van der Waals surface area contributed by atoms with Gasteiger partial charge in [0.1, 0.15) is 0 Å².